The summed E-state index contributed by atoms with van der Waals surface area (Å²) in [4.78, 5) is 16.5. The van der Waals surface area contributed by atoms with Crippen LogP contribution in [0.1, 0.15) is 37.1 Å². The monoisotopic (exact) mass is 430 g/mol. The first-order valence-corrected chi connectivity index (χ1v) is 11.7. The Bertz CT molecular complexity index is 871. The third kappa shape index (κ3) is 4.65. The molecule has 1 aromatic heterocycles. The van der Waals surface area contributed by atoms with Crippen LogP contribution in [-0.2, 0) is 4.74 Å². The fourth-order valence-corrected chi connectivity index (χ4v) is 5.46. The van der Waals surface area contributed by atoms with E-state index in [0.29, 0.717) is 6.54 Å². The number of ether oxygens (including phenoxy) is 1. The van der Waals surface area contributed by atoms with Crippen LogP contribution in [0.5, 0.6) is 0 Å². The Labute approximate surface area is 180 Å². The van der Waals surface area contributed by atoms with E-state index in [1.165, 1.54) is 17.3 Å². The molecule has 0 unspecified atom stereocenters. The lowest BCUT2D eigenvalue weighted by Gasteiger charge is -2.22. The van der Waals surface area contributed by atoms with E-state index in [1.54, 1.807) is 11.8 Å². The summed E-state index contributed by atoms with van der Waals surface area (Å²) in [6, 6.07) is 10.0. The molecule has 2 aromatic rings. The number of nitrogens with zero attached hydrogens (tertiary/aromatic N) is 4. The molecule has 0 spiro atoms. The third-order valence-corrected chi connectivity index (χ3v) is 7.10. The summed E-state index contributed by atoms with van der Waals surface area (Å²) in [6.45, 7) is 4.77. The average molecular weight is 431 g/mol. The Morgan fingerprint density at radius 1 is 1.28 bits per heavy atom. The van der Waals surface area contributed by atoms with Crippen molar-refractivity contribution in [3.05, 3.63) is 47.7 Å². The van der Waals surface area contributed by atoms with Gasteiger partial charge >= 0.3 is 6.09 Å². The van der Waals surface area contributed by atoms with Crippen LogP contribution in [-0.4, -0.2) is 63.1 Å². The van der Waals surface area contributed by atoms with Gasteiger partial charge in [-0.2, -0.15) is 8.75 Å². The van der Waals surface area contributed by atoms with Gasteiger partial charge in [0.05, 0.1) is 17.8 Å². The zero-order valence-corrected chi connectivity index (χ0v) is 18.4. The Morgan fingerprint density at radius 2 is 2.10 bits per heavy atom. The van der Waals surface area contributed by atoms with Crippen molar-refractivity contribution in [2.75, 3.05) is 32.4 Å². The molecule has 2 atom stereocenters. The van der Waals surface area contributed by atoms with E-state index in [4.69, 9.17) is 4.74 Å². The molecule has 0 N–H and O–H groups in total. The molecule has 0 radical (unpaired) electrons. The average Bonchev–Trinajstić information content (AvgIpc) is 3.31. The molecule has 29 heavy (non-hydrogen) atoms. The highest BCUT2D eigenvalue weighted by Crippen LogP contribution is 2.33. The molecule has 1 aromatic carbocycles. The van der Waals surface area contributed by atoms with E-state index < -0.39 is 0 Å². The minimum absolute atomic E-state index is 0.0364. The maximum atomic E-state index is 12.3. The number of carbonyl (C=O) groups excluding carboxylic acids is 1. The molecule has 1 amide bonds. The van der Waals surface area contributed by atoms with Crippen molar-refractivity contribution in [2.24, 2.45) is 0 Å². The van der Waals surface area contributed by atoms with Crippen LogP contribution in [0.2, 0.25) is 0 Å². The Kier molecular flexibility index (Phi) is 6.52. The molecule has 2 aliphatic heterocycles. The molecule has 4 rings (SSSR count). The number of amides is 1. The highest BCUT2D eigenvalue weighted by atomic mass is 32.2. The first-order valence-electron chi connectivity index (χ1n) is 9.99. The standard InChI is InChI=1S/C21H26N4O2S2/c1-15-19(16-8-4-3-5-9-16)27-21(26)25(15)12-7-13-28-20-18(22-29-23-20)17-10-6-11-24(2)14-17/h3-5,8-10,15,19H,6-7,11-14H2,1-2H3/t15-,19-/m1/s1. The summed E-state index contributed by atoms with van der Waals surface area (Å²) >= 11 is 3.01. The van der Waals surface area contributed by atoms with Gasteiger partial charge in [-0.15, -0.1) is 11.8 Å². The van der Waals surface area contributed by atoms with Crippen LogP contribution in [0.15, 0.2) is 41.4 Å². The van der Waals surface area contributed by atoms with E-state index in [0.717, 1.165) is 48.0 Å². The minimum atomic E-state index is -0.220. The van der Waals surface area contributed by atoms with Crippen LogP contribution >= 0.6 is 23.5 Å². The van der Waals surface area contributed by atoms with Gasteiger partial charge < -0.3 is 14.5 Å². The van der Waals surface area contributed by atoms with Gasteiger partial charge in [-0.1, -0.05) is 36.4 Å². The first-order chi connectivity index (χ1) is 14.1. The topological polar surface area (TPSA) is 58.6 Å². The second-order valence-corrected chi connectivity index (χ2v) is 9.14. The fourth-order valence-electron chi connectivity index (χ4n) is 3.83. The van der Waals surface area contributed by atoms with Crippen LogP contribution in [0.4, 0.5) is 4.79 Å². The number of likely N-dealkylation sites (N-methyl/N-ethyl adjacent to an activating group) is 1. The zero-order valence-electron chi connectivity index (χ0n) is 16.8. The summed E-state index contributed by atoms with van der Waals surface area (Å²) in [5.74, 6) is 0.897. The first kappa shape index (κ1) is 20.4. The molecule has 0 saturated carbocycles. The largest absolute Gasteiger partial charge is 0.439 e. The molecule has 1 saturated heterocycles. The molecule has 0 bridgehead atoms. The van der Waals surface area contributed by atoms with Gasteiger partial charge in [0.2, 0.25) is 0 Å². The lowest BCUT2D eigenvalue weighted by Crippen LogP contribution is -2.33. The van der Waals surface area contributed by atoms with Gasteiger partial charge in [0.15, 0.2) is 0 Å². The van der Waals surface area contributed by atoms with Crippen LogP contribution in [0.25, 0.3) is 5.57 Å². The number of cyclic esters (lactones) is 1. The number of benzene rings is 1. The minimum Gasteiger partial charge on any atom is -0.439 e. The molecule has 2 aliphatic rings. The highest BCUT2D eigenvalue weighted by Gasteiger charge is 2.39. The number of hydrogen-bond donors (Lipinski definition) is 0. The van der Waals surface area contributed by atoms with Crippen molar-refractivity contribution in [3.8, 4) is 0 Å². The van der Waals surface area contributed by atoms with Crippen molar-refractivity contribution < 1.29 is 9.53 Å². The summed E-state index contributed by atoms with van der Waals surface area (Å²) in [7, 11) is 2.14. The van der Waals surface area contributed by atoms with E-state index in [2.05, 4.69) is 33.7 Å². The second kappa shape index (κ2) is 9.28. The molecule has 154 valence electrons. The van der Waals surface area contributed by atoms with Crippen molar-refractivity contribution in [3.63, 3.8) is 0 Å². The Morgan fingerprint density at radius 3 is 2.90 bits per heavy atom. The normalized spacial score (nSPS) is 22.6. The fraction of sp³-hybridized carbons (Fsp3) is 0.476. The third-order valence-electron chi connectivity index (χ3n) is 5.41. The smallest absolute Gasteiger partial charge is 0.410 e. The Hall–Kier alpha value is -1.90. The van der Waals surface area contributed by atoms with Crippen LogP contribution < -0.4 is 0 Å². The number of carbonyl (C=O) groups is 1. The SMILES string of the molecule is C[C@@H]1[C@H](c2ccccc2)OC(=O)N1CCCSc1nsnc1C1=CCCN(C)C1. The highest BCUT2D eigenvalue weighted by molar-refractivity contribution is 7.99. The van der Waals surface area contributed by atoms with Gasteiger partial charge in [-0.3, -0.25) is 0 Å². The molecule has 8 heteroatoms. The van der Waals surface area contributed by atoms with E-state index >= 15 is 0 Å². The lowest BCUT2D eigenvalue weighted by molar-refractivity contribution is 0.130. The van der Waals surface area contributed by atoms with E-state index in [9.17, 15) is 4.79 Å². The molecular weight excluding hydrogens is 404 g/mol. The maximum Gasteiger partial charge on any atom is 0.410 e. The van der Waals surface area contributed by atoms with Crippen molar-refractivity contribution in [2.45, 2.75) is 36.9 Å². The molecule has 1 fully saturated rings. The summed E-state index contributed by atoms with van der Waals surface area (Å²) < 4.78 is 14.7. The summed E-state index contributed by atoms with van der Waals surface area (Å²) in [5, 5.41) is 1.01. The number of aromatic nitrogens is 2. The molecule has 6 nitrogen and oxygen atoms in total. The van der Waals surface area contributed by atoms with Gasteiger partial charge in [-0.25, -0.2) is 4.79 Å². The molecule has 0 aliphatic carbocycles. The Balaban J connectivity index is 1.30. The van der Waals surface area contributed by atoms with E-state index in [-0.39, 0.29) is 18.2 Å². The van der Waals surface area contributed by atoms with E-state index in [1.807, 2.05) is 35.2 Å². The molecular formula is C21H26N4O2S2. The van der Waals surface area contributed by atoms with Gasteiger partial charge in [0, 0.05) is 25.4 Å². The van der Waals surface area contributed by atoms with Gasteiger partial charge in [-0.05, 0) is 37.9 Å². The predicted molar refractivity (Wildman–Crippen MR) is 117 cm³/mol. The molecule has 3 heterocycles. The van der Waals surface area contributed by atoms with Crippen LogP contribution in [0.3, 0.4) is 0 Å². The number of rotatable bonds is 7. The van der Waals surface area contributed by atoms with Crippen molar-refractivity contribution in [1.29, 1.82) is 0 Å². The zero-order chi connectivity index (χ0) is 20.2. The van der Waals surface area contributed by atoms with Gasteiger partial charge in [0.25, 0.3) is 0 Å². The van der Waals surface area contributed by atoms with Gasteiger partial charge in [0.1, 0.15) is 16.8 Å². The quantitative estimate of drug-likeness (QED) is 0.482. The van der Waals surface area contributed by atoms with Crippen molar-refractivity contribution >= 4 is 35.2 Å². The number of hydrogen-bond acceptors (Lipinski definition) is 7. The number of thioether (sulfide) groups is 1. The van der Waals surface area contributed by atoms with Crippen LogP contribution in [0, 0.1) is 0 Å². The van der Waals surface area contributed by atoms with Crippen molar-refractivity contribution in [1.82, 2.24) is 18.5 Å². The lowest BCUT2D eigenvalue weighted by atomic mass is 10.0. The summed E-state index contributed by atoms with van der Waals surface area (Å²) in [6.07, 6.45) is 3.82. The summed E-state index contributed by atoms with van der Waals surface area (Å²) in [5.41, 5.74) is 3.36. The maximum absolute atomic E-state index is 12.3. The predicted octanol–water partition coefficient (Wildman–Crippen LogP) is 4.32. The second-order valence-electron chi connectivity index (χ2n) is 7.52.